The Balaban J connectivity index is 1.81. The Morgan fingerprint density at radius 1 is 1.45 bits per heavy atom. The van der Waals surface area contributed by atoms with Crippen molar-refractivity contribution in [3.63, 3.8) is 0 Å². The van der Waals surface area contributed by atoms with E-state index in [1.165, 1.54) is 0 Å². The van der Waals surface area contributed by atoms with Gasteiger partial charge in [-0.15, -0.1) is 0 Å². The highest BCUT2D eigenvalue weighted by Crippen LogP contribution is 2.32. The maximum atomic E-state index is 12.2. The molecule has 0 spiro atoms. The fourth-order valence-corrected chi connectivity index (χ4v) is 4.04. The fraction of sp³-hybridized carbons (Fsp3) is 0.318. The molecule has 9 heteroatoms. The van der Waals surface area contributed by atoms with Crippen LogP contribution in [0.25, 0.3) is 5.82 Å². The SMILES string of the molecule is Cc1cnc(N[C@H]2CCOC2)nc1-n1ccc(C(N)=O)c1[C@@H](CO)c1cccc(Cl)c1. The number of aliphatic hydroxyl groups is 1. The number of ether oxygens (including phenoxy) is 1. The lowest BCUT2D eigenvalue weighted by Gasteiger charge is -2.21. The Kier molecular flexibility index (Phi) is 6.22. The summed E-state index contributed by atoms with van der Waals surface area (Å²) in [6.07, 6.45) is 4.34. The summed E-state index contributed by atoms with van der Waals surface area (Å²) in [5.41, 5.74) is 8.11. The molecule has 3 aromatic rings. The number of nitrogens with two attached hydrogens (primary N) is 1. The molecule has 1 saturated heterocycles. The van der Waals surface area contributed by atoms with Crippen LogP contribution in [0.1, 0.15) is 39.5 Å². The third kappa shape index (κ3) is 4.41. The van der Waals surface area contributed by atoms with Crippen molar-refractivity contribution in [3.05, 3.63) is 70.1 Å². The average molecular weight is 442 g/mol. The van der Waals surface area contributed by atoms with Crippen molar-refractivity contribution in [2.24, 2.45) is 5.73 Å². The molecule has 0 radical (unpaired) electrons. The van der Waals surface area contributed by atoms with Gasteiger partial charge in [-0.2, -0.15) is 4.98 Å². The van der Waals surface area contributed by atoms with Gasteiger partial charge in [-0.3, -0.25) is 4.79 Å². The number of benzene rings is 1. The van der Waals surface area contributed by atoms with Gasteiger partial charge in [-0.1, -0.05) is 23.7 Å². The zero-order valence-corrected chi connectivity index (χ0v) is 17.8. The first-order valence-electron chi connectivity index (χ1n) is 10.0. The van der Waals surface area contributed by atoms with Crippen LogP contribution in [-0.4, -0.2) is 51.4 Å². The minimum absolute atomic E-state index is 0.150. The molecule has 2 aromatic heterocycles. The van der Waals surface area contributed by atoms with Crippen LogP contribution < -0.4 is 11.1 Å². The van der Waals surface area contributed by atoms with Gasteiger partial charge in [-0.05, 0) is 37.1 Å². The van der Waals surface area contributed by atoms with Crippen molar-refractivity contribution in [3.8, 4) is 5.82 Å². The first kappa shape index (κ1) is 21.3. The summed E-state index contributed by atoms with van der Waals surface area (Å²) < 4.78 is 7.20. The number of aromatic nitrogens is 3. The van der Waals surface area contributed by atoms with E-state index in [9.17, 15) is 9.90 Å². The molecule has 8 nitrogen and oxygen atoms in total. The third-order valence-corrected chi connectivity index (χ3v) is 5.63. The average Bonchev–Trinajstić information content (AvgIpc) is 3.40. The second-order valence-corrected chi connectivity index (χ2v) is 7.98. The predicted molar refractivity (Wildman–Crippen MR) is 118 cm³/mol. The summed E-state index contributed by atoms with van der Waals surface area (Å²) in [5.74, 6) is -0.0355. The van der Waals surface area contributed by atoms with E-state index in [-0.39, 0.29) is 12.6 Å². The summed E-state index contributed by atoms with van der Waals surface area (Å²) in [7, 11) is 0. The molecule has 31 heavy (non-hydrogen) atoms. The second kappa shape index (κ2) is 9.05. The number of halogens is 1. The van der Waals surface area contributed by atoms with Crippen LogP contribution >= 0.6 is 11.6 Å². The number of amides is 1. The van der Waals surface area contributed by atoms with Gasteiger partial charge in [0.1, 0.15) is 5.82 Å². The lowest BCUT2D eigenvalue weighted by Crippen LogP contribution is -2.22. The second-order valence-electron chi connectivity index (χ2n) is 7.54. The van der Waals surface area contributed by atoms with Crippen LogP contribution in [0.3, 0.4) is 0 Å². The lowest BCUT2D eigenvalue weighted by atomic mass is 9.93. The van der Waals surface area contributed by atoms with Crippen LogP contribution in [-0.2, 0) is 4.74 Å². The highest BCUT2D eigenvalue weighted by atomic mass is 35.5. The smallest absolute Gasteiger partial charge is 0.250 e. The van der Waals surface area contributed by atoms with Gasteiger partial charge in [-0.25, -0.2) is 4.98 Å². The molecule has 0 saturated carbocycles. The number of hydrogen-bond acceptors (Lipinski definition) is 6. The van der Waals surface area contributed by atoms with Gasteiger partial charge in [0.15, 0.2) is 0 Å². The Morgan fingerprint density at radius 2 is 2.29 bits per heavy atom. The number of hydrogen-bond donors (Lipinski definition) is 3. The van der Waals surface area contributed by atoms with Gasteiger partial charge in [0.05, 0.1) is 24.8 Å². The number of rotatable bonds is 7. The molecule has 1 fully saturated rings. The molecule has 4 N–H and O–H groups in total. The molecule has 1 aromatic carbocycles. The van der Waals surface area contributed by atoms with E-state index >= 15 is 0 Å². The van der Waals surface area contributed by atoms with E-state index in [0.717, 1.165) is 17.5 Å². The standard InChI is InChI=1S/C22H24ClN5O3/c1-13-10-25-22(26-16-6-8-31-12-16)27-21(13)28-7-5-17(20(24)30)19(28)18(11-29)14-3-2-4-15(23)9-14/h2-5,7,9-10,16,18,29H,6,8,11-12H2,1H3,(H2,24,30)(H,25,26,27)/t16-,18-/m0/s1. The Labute approximate surface area is 185 Å². The Bertz CT molecular complexity index is 1090. The molecule has 0 aliphatic carbocycles. The number of aryl methyl sites for hydroxylation is 1. The number of anilines is 1. The zero-order chi connectivity index (χ0) is 22.0. The van der Waals surface area contributed by atoms with Crippen LogP contribution in [0.4, 0.5) is 5.95 Å². The predicted octanol–water partition coefficient (Wildman–Crippen LogP) is 2.65. The first-order chi connectivity index (χ1) is 15.0. The summed E-state index contributed by atoms with van der Waals surface area (Å²) >= 11 is 6.17. The van der Waals surface area contributed by atoms with E-state index in [1.807, 2.05) is 13.0 Å². The quantitative estimate of drug-likeness (QED) is 0.519. The zero-order valence-electron chi connectivity index (χ0n) is 17.1. The molecule has 1 aliphatic rings. The molecule has 1 aliphatic heterocycles. The van der Waals surface area contributed by atoms with Crippen LogP contribution in [0.15, 0.2) is 42.7 Å². The normalized spacial score (nSPS) is 16.9. The summed E-state index contributed by atoms with van der Waals surface area (Å²) in [4.78, 5) is 21.3. The maximum Gasteiger partial charge on any atom is 0.250 e. The topological polar surface area (TPSA) is 115 Å². The maximum absolute atomic E-state index is 12.2. The number of carbonyl (C=O) groups is 1. The first-order valence-corrected chi connectivity index (χ1v) is 10.4. The van der Waals surface area contributed by atoms with Crippen molar-refractivity contribution in [1.82, 2.24) is 14.5 Å². The van der Waals surface area contributed by atoms with Crippen LogP contribution in [0.2, 0.25) is 5.02 Å². The molecular formula is C22H24ClN5O3. The number of nitrogens with zero attached hydrogens (tertiary/aromatic N) is 3. The van der Waals surface area contributed by atoms with E-state index in [1.54, 1.807) is 41.2 Å². The van der Waals surface area contributed by atoms with Crippen molar-refractivity contribution in [2.45, 2.75) is 25.3 Å². The minimum atomic E-state index is -0.581. The highest BCUT2D eigenvalue weighted by molar-refractivity contribution is 6.30. The largest absolute Gasteiger partial charge is 0.395 e. The minimum Gasteiger partial charge on any atom is -0.395 e. The summed E-state index contributed by atoms with van der Waals surface area (Å²) in [6, 6.07) is 8.98. The van der Waals surface area contributed by atoms with E-state index in [0.29, 0.717) is 41.3 Å². The van der Waals surface area contributed by atoms with Gasteiger partial charge in [0.25, 0.3) is 5.91 Å². The summed E-state index contributed by atoms with van der Waals surface area (Å²) in [5, 5.41) is 14.1. The van der Waals surface area contributed by atoms with Gasteiger partial charge in [0, 0.05) is 41.2 Å². The van der Waals surface area contributed by atoms with E-state index < -0.39 is 11.8 Å². The number of carbonyl (C=O) groups excluding carboxylic acids is 1. The number of primary amides is 1. The van der Waals surface area contributed by atoms with Crippen LogP contribution in [0.5, 0.6) is 0 Å². The van der Waals surface area contributed by atoms with Crippen molar-refractivity contribution in [1.29, 1.82) is 0 Å². The number of aliphatic hydroxyl groups excluding tert-OH is 1. The lowest BCUT2D eigenvalue weighted by molar-refractivity contribution is 0.0999. The molecule has 0 bridgehead atoms. The Morgan fingerprint density at radius 3 is 2.97 bits per heavy atom. The van der Waals surface area contributed by atoms with Gasteiger partial charge < -0.3 is 25.5 Å². The van der Waals surface area contributed by atoms with E-state index in [2.05, 4.69) is 10.3 Å². The number of nitrogens with one attached hydrogen (secondary N) is 1. The van der Waals surface area contributed by atoms with Crippen molar-refractivity contribution < 1.29 is 14.6 Å². The molecular weight excluding hydrogens is 418 g/mol. The summed E-state index contributed by atoms with van der Waals surface area (Å²) in [6.45, 7) is 2.96. The van der Waals surface area contributed by atoms with E-state index in [4.69, 9.17) is 27.1 Å². The molecule has 1 amide bonds. The van der Waals surface area contributed by atoms with Crippen molar-refractivity contribution in [2.75, 3.05) is 25.1 Å². The highest BCUT2D eigenvalue weighted by Gasteiger charge is 2.26. The van der Waals surface area contributed by atoms with Crippen LogP contribution in [0, 0.1) is 6.92 Å². The van der Waals surface area contributed by atoms with Gasteiger partial charge in [0.2, 0.25) is 5.95 Å². The molecule has 162 valence electrons. The fourth-order valence-electron chi connectivity index (χ4n) is 3.84. The molecule has 3 heterocycles. The molecule has 0 unspecified atom stereocenters. The third-order valence-electron chi connectivity index (χ3n) is 5.39. The monoisotopic (exact) mass is 441 g/mol. The van der Waals surface area contributed by atoms with Gasteiger partial charge >= 0.3 is 0 Å². The molecule has 4 rings (SSSR count). The molecule has 2 atom stereocenters. The van der Waals surface area contributed by atoms with Crippen molar-refractivity contribution >= 4 is 23.5 Å². The Hall–Kier alpha value is -2.94.